The first-order valence-corrected chi connectivity index (χ1v) is 4.37. The Hall–Kier alpha value is 0.360. The Morgan fingerprint density at radius 3 is 2.57 bits per heavy atom. The highest BCUT2D eigenvalue weighted by atomic mass is 35.5. The van der Waals surface area contributed by atoms with Gasteiger partial charge in [0, 0.05) is 19.0 Å². The molecule has 0 aromatic heterocycles. The molecule has 2 fully saturated rings. The summed E-state index contributed by atoms with van der Waals surface area (Å²) < 4.78 is 26.7. The molecule has 0 amide bonds. The molecule has 2 aliphatic rings. The van der Waals surface area contributed by atoms with E-state index in [2.05, 4.69) is 5.32 Å². The summed E-state index contributed by atoms with van der Waals surface area (Å²) in [5.74, 6) is -2.76. The third kappa shape index (κ3) is 2.48. The summed E-state index contributed by atoms with van der Waals surface area (Å²) in [5.41, 5.74) is 0. The summed E-state index contributed by atoms with van der Waals surface area (Å²) >= 11 is 0. The summed E-state index contributed by atoms with van der Waals surface area (Å²) in [6.07, 6.45) is 0. The molecule has 1 N–H and O–H groups in total. The highest BCUT2D eigenvalue weighted by molar-refractivity contribution is 5.85. The second kappa shape index (κ2) is 4.92. The van der Waals surface area contributed by atoms with E-state index in [1.807, 2.05) is 0 Å². The van der Waals surface area contributed by atoms with E-state index in [0.717, 1.165) is 13.1 Å². The smallest absolute Gasteiger partial charge is 0.264 e. The van der Waals surface area contributed by atoms with Gasteiger partial charge < -0.3 is 10.2 Å². The minimum absolute atomic E-state index is 0. The van der Waals surface area contributed by atoms with Gasteiger partial charge in [-0.1, -0.05) is 0 Å². The lowest BCUT2D eigenvalue weighted by Gasteiger charge is -2.38. The molecule has 0 bridgehead atoms. The monoisotopic (exact) mass is 248 g/mol. The van der Waals surface area contributed by atoms with Crippen LogP contribution in [0.2, 0.25) is 0 Å². The number of hydrogen-bond acceptors (Lipinski definition) is 2. The van der Waals surface area contributed by atoms with Gasteiger partial charge >= 0.3 is 0 Å². The molecule has 2 nitrogen and oxygen atoms in total. The Balaban J connectivity index is 0.000000845. The maximum atomic E-state index is 13.3. The fraction of sp³-hybridized carbons (Fsp3) is 1.00. The molecule has 6 heteroatoms. The maximum Gasteiger partial charge on any atom is 0.264 e. The van der Waals surface area contributed by atoms with Crippen LogP contribution in [0.1, 0.15) is 0 Å². The minimum Gasteiger partial charge on any atom is -0.316 e. The lowest BCUT2D eigenvalue weighted by molar-refractivity contribution is -0.115. The van der Waals surface area contributed by atoms with Crippen LogP contribution in [0.15, 0.2) is 0 Å². The molecule has 0 spiro atoms. The Bertz CT molecular complexity index is 192. The van der Waals surface area contributed by atoms with Gasteiger partial charge in [-0.25, -0.2) is 8.78 Å². The second-order valence-electron chi connectivity index (χ2n) is 3.98. The summed E-state index contributed by atoms with van der Waals surface area (Å²) in [6.45, 7) is 1.99. The third-order valence-corrected chi connectivity index (χ3v) is 2.91. The molecule has 2 saturated heterocycles. The van der Waals surface area contributed by atoms with E-state index in [0.29, 0.717) is 6.54 Å². The molecule has 2 aliphatic heterocycles. The highest BCUT2D eigenvalue weighted by Gasteiger charge is 2.50. The molecule has 0 saturated carbocycles. The van der Waals surface area contributed by atoms with Gasteiger partial charge in [0.05, 0.1) is 6.54 Å². The number of alkyl halides is 2. The molecule has 0 unspecified atom stereocenters. The predicted octanol–water partition coefficient (Wildman–Crippen LogP) is 1.25. The van der Waals surface area contributed by atoms with E-state index >= 15 is 0 Å². The largest absolute Gasteiger partial charge is 0.316 e. The van der Waals surface area contributed by atoms with Crippen LogP contribution in [-0.2, 0) is 0 Å². The zero-order chi connectivity index (χ0) is 8.77. The van der Waals surface area contributed by atoms with E-state index in [9.17, 15) is 8.78 Å². The van der Waals surface area contributed by atoms with Gasteiger partial charge in [0.25, 0.3) is 5.92 Å². The van der Waals surface area contributed by atoms with Gasteiger partial charge in [0.1, 0.15) is 0 Å². The molecular weight excluding hydrogens is 233 g/mol. The number of likely N-dealkylation sites (tertiary alicyclic amines) is 1. The molecule has 2 rings (SSSR count). The van der Waals surface area contributed by atoms with Crippen molar-refractivity contribution in [1.29, 1.82) is 0 Å². The van der Waals surface area contributed by atoms with Crippen molar-refractivity contribution < 1.29 is 8.78 Å². The number of nitrogens with zero attached hydrogens (tertiary/aromatic N) is 1. The average molecular weight is 249 g/mol. The zero-order valence-electron chi connectivity index (χ0n) is 8.00. The number of rotatable bonds is 0. The summed E-state index contributed by atoms with van der Waals surface area (Å²) in [6, 6.07) is 0. The Labute approximate surface area is 95.2 Å². The van der Waals surface area contributed by atoms with Gasteiger partial charge in [0.2, 0.25) is 0 Å². The van der Waals surface area contributed by atoms with Gasteiger partial charge in [-0.15, -0.1) is 24.8 Å². The van der Waals surface area contributed by atoms with Crippen LogP contribution in [-0.4, -0.2) is 44.0 Å². The Kier molecular flexibility index (Phi) is 5.05. The quantitative estimate of drug-likeness (QED) is 0.695. The molecule has 0 aromatic carbocycles. The number of hydrogen-bond donors (Lipinski definition) is 1. The van der Waals surface area contributed by atoms with Crippen LogP contribution in [0.5, 0.6) is 0 Å². The van der Waals surface area contributed by atoms with Crippen LogP contribution >= 0.6 is 24.8 Å². The van der Waals surface area contributed by atoms with Crippen molar-refractivity contribution in [2.24, 2.45) is 11.8 Å². The van der Waals surface area contributed by atoms with Crippen LogP contribution in [0.25, 0.3) is 0 Å². The van der Waals surface area contributed by atoms with Crippen molar-refractivity contribution >= 4 is 24.8 Å². The van der Waals surface area contributed by atoms with E-state index in [4.69, 9.17) is 0 Å². The number of fused-ring (bicyclic) bond motifs is 1. The van der Waals surface area contributed by atoms with E-state index in [-0.39, 0.29) is 37.3 Å². The fourth-order valence-electron chi connectivity index (χ4n) is 2.36. The highest BCUT2D eigenvalue weighted by Crippen LogP contribution is 2.37. The minimum atomic E-state index is -2.48. The van der Waals surface area contributed by atoms with Crippen molar-refractivity contribution in [1.82, 2.24) is 10.2 Å². The van der Waals surface area contributed by atoms with E-state index in [1.165, 1.54) is 0 Å². The summed E-state index contributed by atoms with van der Waals surface area (Å²) in [5, 5.41) is 3.03. The summed E-state index contributed by atoms with van der Waals surface area (Å²) in [7, 11) is 1.77. The van der Waals surface area contributed by atoms with Crippen molar-refractivity contribution in [3.8, 4) is 0 Å². The number of halogens is 4. The number of nitrogens with one attached hydrogen (secondary N) is 1. The van der Waals surface area contributed by atoms with Gasteiger partial charge in [-0.3, -0.25) is 0 Å². The summed E-state index contributed by atoms with van der Waals surface area (Å²) in [4.78, 5) is 1.73. The standard InChI is InChI=1S/C8H14F2N2.2ClH/c1-12-4-6-2-11-3-7(6)8(9,10)5-12;;/h6-7,11H,2-5H2,1H3;2*1H/t6-,7-;;/m0../s1. The first kappa shape index (κ1) is 14.4. The van der Waals surface area contributed by atoms with Crippen LogP contribution in [0, 0.1) is 11.8 Å². The lowest BCUT2D eigenvalue weighted by Crippen LogP contribution is -2.51. The molecule has 0 radical (unpaired) electrons. The molecule has 2 atom stereocenters. The Morgan fingerprint density at radius 1 is 1.29 bits per heavy atom. The van der Waals surface area contributed by atoms with Crippen LogP contribution in [0.4, 0.5) is 8.78 Å². The fourth-order valence-corrected chi connectivity index (χ4v) is 2.36. The van der Waals surface area contributed by atoms with Gasteiger partial charge in [-0.05, 0) is 19.5 Å². The van der Waals surface area contributed by atoms with Crippen molar-refractivity contribution in [3.05, 3.63) is 0 Å². The van der Waals surface area contributed by atoms with Crippen LogP contribution in [0.3, 0.4) is 0 Å². The maximum absolute atomic E-state index is 13.3. The lowest BCUT2D eigenvalue weighted by atomic mass is 9.86. The first-order chi connectivity index (χ1) is 5.59. The number of piperidine rings is 1. The van der Waals surface area contributed by atoms with E-state index in [1.54, 1.807) is 11.9 Å². The second-order valence-corrected chi connectivity index (χ2v) is 3.98. The van der Waals surface area contributed by atoms with Gasteiger partial charge in [-0.2, -0.15) is 0 Å². The Morgan fingerprint density at radius 2 is 1.93 bits per heavy atom. The molecule has 0 aliphatic carbocycles. The molecule has 86 valence electrons. The molecule has 2 heterocycles. The van der Waals surface area contributed by atoms with E-state index < -0.39 is 11.8 Å². The van der Waals surface area contributed by atoms with Crippen molar-refractivity contribution in [2.75, 3.05) is 33.2 Å². The predicted molar refractivity (Wildman–Crippen MR) is 56.8 cm³/mol. The third-order valence-electron chi connectivity index (χ3n) is 2.91. The van der Waals surface area contributed by atoms with Crippen molar-refractivity contribution in [2.45, 2.75) is 5.92 Å². The zero-order valence-corrected chi connectivity index (χ0v) is 9.64. The molecule has 0 aromatic rings. The SMILES string of the molecule is CN1C[C@@H]2CNC[C@@H]2C(F)(F)C1.Cl.Cl. The van der Waals surface area contributed by atoms with Crippen LogP contribution < -0.4 is 5.32 Å². The average Bonchev–Trinajstić information content (AvgIpc) is 2.32. The molecular formula is C8H16Cl2F2N2. The topological polar surface area (TPSA) is 15.3 Å². The van der Waals surface area contributed by atoms with Gasteiger partial charge in [0.15, 0.2) is 0 Å². The van der Waals surface area contributed by atoms with Crippen molar-refractivity contribution in [3.63, 3.8) is 0 Å². The first-order valence-electron chi connectivity index (χ1n) is 4.37. The molecule has 14 heavy (non-hydrogen) atoms. The normalized spacial score (nSPS) is 35.4.